The summed E-state index contributed by atoms with van der Waals surface area (Å²) in [5.41, 5.74) is 7.09. The molecule has 2 nitrogen and oxygen atoms in total. The highest BCUT2D eigenvalue weighted by atomic mass is 79.9. The summed E-state index contributed by atoms with van der Waals surface area (Å²) in [6.07, 6.45) is 2.25. The highest BCUT2D eigenvalue weighted by molar-refractivity contribution is 9.10. The van der Waals surface area contributed by atoms with E-state index < -0.39 is 0 Å². The largest absolute Gasteiger partial charge is 0.366 e. The summed E-state index contributed by atoms with van der Waals surface area (Å²) in [7, 11) is 0. The summed E-state index contributed by atoms with van der Waals surface area (Å²) in [5, 5.41) is 0. The van der Waals surface area contributed by atoms with Crippen LogP contribution >= 0.6 is 15.9 Å². The van der Waals surface area contributed by atoms with E-state index in [1.165, 1.54) is 0 Å². The third kappa shape index (κ3) is 2.54. The molecule has 0 saturated carbocycles. The highest BCUT2D eigenvalue weighted by Gasteiger charge is 2.26. The minimum atomic E-state index is -0.181. The van der Waals surface area contributed by atoms with Gasteiger partial charge in [0.2, 0.25) is 0 Å². The lowest BCUT2D eigenvalue weighted by Crippen LogP contribution is -2.40. The Labute approximate surface area is 116 Å². The fourth-order valence-electron chi connectivity index (χ4n) is 2.72. The molecule has 0 bridgehead atoms. The Morgan fingerprint density at radius 3 is 2.78 bits per heavy atom. The fourth-order valence-corrected chi connectivity index (χ4v) is 3.22. The van der Waals surface area contributed by atoms with E-state index in [0.29, 0.717) is 22.7 Å². The molecule has 2 atom stereocenters. The van der Waals surface area contributed by atoms with Crippen molar-refractivity contribution in [2.75, 3.05) is 11.4 Å². The lowest BCUT2D eigenvalue weighted by Gasteiger charge is -2.38. The van der Waals surface area contributed by atoms with E-state index in [1.54, 1.807) is 0 Å². The van der Waals surface area contributed by atoms with Crippen molar-refractivity contribution in [1.82, 2.24) is 0 Å². The number of rotatable bonds is 2. The Morgan fingerprint density at radius 1 is 1.44 bits per heavy atom. The Kier molecular flexibility index (Phi) is 4.28. The molecule has 1 aromatic rings. The molecule has 0 amide bonds. The van der Waals surface area contributed by atoms with E-state index in [9.17, 15) is 4.39 Å². The second kappa shape index (κ2) is 5.57. The van der Waals surface area contributed by atoms with Gasteiger partial charge in [0, 0.05) is 19.1 Å². The number of benzene rings is 1. The molecule has 1 aliphatic heterocycles. The Morgan fingerprint density at radius 2 is 2.17 bits per heavy atom. The number of anilines is 1. The van der Waals surface area contributed by atoms with Crippen LogP contribution in [-0.4, -0.2) is 12.6 Å². The van der Waals surface area contributed by atoms with Crippen LogP contribution < -0.4 is 10.6 Å². The highest BCUT2D eigenvalue weighted by Crippen LogP contribution is 2.34. The van der Waals surface area contributed by atoms with Crippen molar-refractivity contribution >= 4 is 21.6 Å². The molecular weight excluding hydrogens is 295 g/mol. The van der Waals surface area contributed by atoms with Gasteiger partial charge in [-0.1, -0.05) is 13.0 Å². The molecule has 1 heterocycles. The number of nitrogens with zero attached hydrogens (tertiary/aromatic N) is 1. The van der Waals surface area contributed by atoms with Crippen molar-refractivity contribution < 1.29 is 4.39 Å². The molecule has 0 spiro atoms. The van der Waals surface area contributed by atoms with E-state index in [2.05, 4.69) is 34.7 Å². The molecule has 1 saturated heterocycles. The maximum atomic E-state index is 14.4. The molecule has 18 heavy (non-hydrogen) atoms. The Bertz CT molecular complexity index is 436. The summed E-state index contributed by atoms with van der Waals surface area (Å²) in [6, 6.07) is 4.15. The minimum Gasteiger partial charge on any atom is -0.366 e. The number of halogens is 2. The second-order valence-corrected chi connectivity index (χ2v) is 6.04. The zero-order chi connectivity index (χ0) is 13.3. The third-order valence-corrected chi connectivity index (χ3v) is 4.67. The van der Waals surface area contributed by atoms with E-state index in [4.69, 9.17) is 5.73 Å². The van der Waals surface area contributed by atoms with Crippen molar-refractivity contribution in [2.24, 2.45) is 11.7 Å². The third-order valence-electron chi connectivity index (χ3n) is 3.81. The first-order valence-corrected chi connectivity index (χ1v) is 7.27. The summed E-state index contributed by atoms with van der Waals surface area (Å²) in [5.74, 6) is 0.547. The number of nitrogens with two attached hydrogens (primary N) is 1. The molecule has 1 aliphatic rings. The van der Waals surface area contributed by atoms with Crippen LogP contribution in [0.3, 0.4) is 0 Å². The normalized spacial score (nSPS) is 24.4. The van der Waals surface area contributed by atoms with E-state index >= 15 is 0 Å². The van der Waals surface area contributed by atoms with E-state index in [1.807, 2.05) is 12.1 Å². The molecule has 2 unspecified atom stereocenters. The van der Waals surface area contributed by atoms with E-state index in [-0.39, 0.29) is 5.82 Å². The van der Waals surface area contributed by atoms with Crippen molar-refractivity contribution in [3.63, 3.8) is 0 Å². The van der Waals surface area contributed by atoms with Gasteiger partial charge in [0.25, 0.3) is 0 Å². The molecule has 2 N–H and O–H groups in total. The first-order valence-electron chi connectivity index (χ1n) is 6.48. The number of hydrogen-bond donors (Lipinski definition) is 1. The SMILES string of the molecule is CC1CCN(c2ccc(CN)c(Br)c2F)C(C)C1. The van der Waals surface area contributed by atoms with Gasteiger partial charge in [0.05, 0.1) is 10.2 Å². The summed E-state index contributed by atoms with van der Waals surface area (Å²) >= 11 is 3.31. The van der Waals surface area contributed by atoms with Crippen LogP contribution in [-0.2, 0) is 6.54 Å². The quantitative estimate of drug-likeness (QED) is 0.902. The lowest BCUT2D eigenvalue weighted by molar-refractivity contribution is 0.374. The molecule has 1 fully saturated rings. The number of piperidine rings is 1. The predicted octanol–water partition coefficient (Wildman–Crippen LogP) is 3.67. The summed E-state index contributed by atoms with van der Waals surface area (Å²) < 4.78 is 14.9. The first-order chi connectivity index (χ1) is 8.54. The molecular formula is C14H20BrFN2. The Hall–Kier alpha value is -0.610. The van der Waals surface area contributed by atoms with Gasteiger partial charge in [-0.05, 0) is 53.2 Å². The molecule has 2 rings (SSSR count). The average Bonchev–Trinajstić information content (AvgIpc) is 2.34. The number of hydrogen-bond acceptors (Lipinski definition) is 2. The van der Waals surface area contributed by atoms with Crippen LogP contribution in [0, 0.1) is 11.7 Å². The molecule has 0 radical (unpaired) electrons. The van der Waals surface area contributed by atoms with Gasteiger partial charge in [-0.2, -0.15) is 0 Å². The maximum Gasteiger partial charge on any atom is 0.160 e. The molecule has 1 aromatic carbocycles. The molecule has 0 aromatic heterocycles. The molecule has 0 aliphatic carbocycles. The fraction of sp³-hybridized carbons (Fsp3) is 0.571. The molecule has 4 heteroatoms. The van der Waals surface area contributed by atoms with Crippen LogP contribution in [0.1, 0.15) is 32.3 Å². The van der Waals surface area contributed by atoms with Gasteiger partial charge in [0.15, 0.2) is 5.82 Å². The summed E-state index contributed by atoms with van der Waals surface area (Å²) in [4.78, 5) is 2.17. The maximum absolute atomic E-state index is 14.4. The lowest BCUT2D eigenvalue weighted by atomic mass is 9.93. The average molecular weight is 315 g/mol. The second-order valence-electron chi connectivity index (χ2n) is 5.25. The van der Waals surface area contributed by atoms with Crippen LogP contribution in [0.15, 0.2) is 16.6 Å². The van der Waals surface area contributed by atoms with Gasteiger partial charge in [-0.25, -0.2) is 4.39 Å². The van der Waals surface area contributed by atoms with Crippen molar-refractivity contribution in [3.05, 3.63) is 28.0 Å². The van der Waals surface area contributed by atoms with Gasteiger partial charge in [0.1, 0.15) is 0 Å². The monoisotopic (exact) mass is 314 g/mol. The smallest absolute Gasteiger partial charge is 0.160 e. The van der Waals surface area contributed by atoms with Gasteiger partial charge < -0.3 is 10.6 Å². The Balaban J connectivity index is 2.31. The topological polar surface area (TPSA) is 29.3 Å². The van der Waals surface area contributed by atoms with Crippen LogP contribution in [0.5, 0.6) is 0 Å². The minimum absolute atomic E-state index is 0.181. The molecule has 100 valence electrons. The van der Waals surface area contributed by atoms with Crippen LogP contribution in [0.2, 0.25) is 0 Å². The van der Waals surface area contributed by atoms with Crippen LogP contribution in [0.4, 0.5) is 10.1 Å². The van der Waals surface area contributed by atoms with Gasteiger partial charge in [-0.3, -0.25) is 0 Å². The van der Waals surface area contributed by atoms with Gasteiger partial charge in [-0.15, -0.1) is 0 Å². The predicted molar refractivity (Wildman–Crippen MR) is 77.2 cm³/mol. The summed E-state index contributed by atoms with van der Waals surface area (Å²) in [6.45, 7) is 5.70. The zero-order valence-corrected chi connectivity index (χ0v) is 12.5. The van der Waals surface area contributed by atoms with Gasteiger partial charge >= 0.3 is 0 Å². The van der Waals surface area contributed by atoms with Crippen molar-refractivity contribution in [2.45, 2.75) is 39.3 Å². The van der Waals surface area contributed by atoms with Crippen molar-refractivity contribution in [3.8, 4) is 0 Å². The van der Waals surface area contributed by atoms with Crippen LogP contribution in [0.25, 0.3) is 0 Å². The standard InChI is InChI=1S/C14H20BrFN2/c1-9-5-6-18(10(2)7-9)12-4-3-11(8-17)13(15)14(12)16/h3-4,9-10H,5-8,17H2,1-2H3. The zero-order valence-electron chi connectivity index (χ0n) is 10.9. The first kappa shape index (κ1) is 13.8. The van der Waals surface area contributed by atoms with Crippen molar-refractivity contribution in [1.29, 1.82) is 0 Å². The van der Waals surface area contributed by atoms with E-state index in [0.717, 1.165) is 30.9 Å².